The van der Waals surface area contributed by atoms with Crippen molar-refractivity contribution in [2.24, 2.45) is 0 Å². The second kappa shape index (κ2) is 5.97. The highest BCUT2D eigenvalue weighted by atomic mass is 79.9. The third-order valence-corrected chi connectivity index (χ3v) is 5.86. The SMILES string of the molecule is CCC(C)(CO)NS(=O)(=O)c1cc(Cl)cc(N)c1Br. The monoisotopic (exact) mass is 370 g/mol. The number of benzene rings is 1. The molecule has 0 radical (unpaired) electrons. The zero-order chi connectivity index (χ0) is 14.8. The normalized spacial score (nSPS) is 15.2. The summed E-state index contributed by atoms with van der Waals surface area (Å²) >= 11 is 8.96. The van der Waals surface area contributed by atoms with Crippen LogP contribution in [0, 0.1) is 0 Å². The topological polar surface area (TPSA) is 92.4 Å². The Bertz CT molecular complexity index is 574. The van der Waals surface area contributed by atoms with Crippen molar-refractivity contribution < 1.29 is 13.5 Å². The molecule has 0 aromatic heterocycles. The number of aliphatic hydroxyl groups excluding tert-OH is 1. The van der Waals surface area contributed by atoms with Crippen molar-refractivity contribution in [2.45, 2.75) is 30.7 Å². The molecule has 0 fully saturated rings. The first-order valence-corrected chi connectivity index (χ1v) is 8.20. The van der Waals surface area contributed by atoms with Crippen molar-refractivity contribution in [1.29, 1.82) is 0 Å². The summed E-state index contributed by atoms with van der Waals surface area (Å²) in [5, 5.41) is 9.51. The van der Waals surface area contributed by atoms with Gasteiger partial charge in [0.25, 0.3) is 0 Å². The number of halogens is 2. The van der Waals surface area contributed by atoms with Gasteiger partial charge < -0.3 is 10.8 Å². The van der Waals surface area contributed by atoms with Gasteiger partial charge in [0.05, 0.1) is 21.5 Å². The minimum absolute atomic E-state index is 0.0503. The number of aliphatic hydroxyl groups is 1. The molecule has 0 aliphatic rings. The van der Waals surface area contributed by atoms with Crippen LogP contribution in [0.1, 0.15) is 20.3 Å². The number of hydrogen-bond acceptors (Lipinski definition) is 4. The second-order valence-corrected chi connectivity index (χ2v) is 7.37. The number of nitrogen functional groups attached to an aromatic ring is 1. The Hall–Kier alpha value is -0.340. The number of sulfonamides is 1. The molecular formula is C11H16BrClN2O3S. The van der Waals surface area contributed by atoms with E-state index in [4.69, 9.17) is 17.3 Å². The van der Waals surface area contributed by atoms with Crippen molar-refractivity contribution in [3.05, 3.63) is 21.6 Å². The molecule has 0 saturated heterocycles. The number of nitrogens with two attached hydrogens (primary N) is 1. The Kier molecular flexibility index (Phi) is 5.25. The van der Waals surface area contributed by atoms with Crippen LogP contribution in [0.4, 0.5) is 5.69 Å². The molecule has 0 spiro atoms. The van der Waals surface area contributed by atoms with Gasteiger partial charge in [0.1, 0.15) is 0 Å². The second-order valence-electron chi connectivity index (χ2n) is 4.48. The maximum Gasteiger partial charge on any atom is 0.242 e. The summed E-state index contributed by atoms with van der Waals surface area (Å²) in [6.45, 7) is 3.09. The van der Waals surface area contributed by atoms with Crippen molar-refractivity contribution in [1.82, 2.24) is 4.72 Å². The highest BCUT2D eigenvalue weighted by Crippen LogP contribution is 2.32. The first-order chi connectivity index (χ1) is 8.65. The molecule has 0 saturated carbocycles. The first kappa shape index (κ1) is 16.7. The minimum Gasteiger partial charge on any atom is -0.398 e. The molecule has 5 nitrogen and oxygen atoms in total. The maximum absolute atomic E-state index is 12.3. The van der Waals surface area contributed by atoms with Crippen LogP contribution in [-0.2, 0) is 10.0 Å². The highest BCUT2D eigenvalue weighted by Gasteiger charge is 2.30. The van der Waals surface area contributed by atoms with E-state index in [1.165, 1.54) is 12.1 Å². The van der Waals surface area contributed by atoms with Crippen LogP contribution in [0.15, 0.2) is 21.5 Å². The van der Waals surface area contributed by atoms with Gasteiger partial charge in [-0.05, 0) is 41.4 Å². The average molecular weight is 372 g/mol. The number of hydrogen-bond donors (Lipinski definition) is 3. The molecule has 0 amide bonds. The molecule has 0 heterocycles. The maximum atomic E-state index is 12.3. The lowest BCUT2D eigenvalue weighted by molar-refractivity contribution is 0.191. The van der Waals surface area contributed by atoms with E-state index in [1.54, 1.807) is 13.8 Å². The summed E-state index contributed by atoms with van der Waals surface area (Å²) < 4.78 is 27.4. The number of nitrogens with one attached hydrogen (secondary N) is 1. The zero-order valence-electron chi connectivity index (χ0n) is 10.6. The lowest BCUT2D eigenvalue weighted by Crippen LogP contribution is -2.48. The Morgan fingerprint density at radius 1 is 1.53 bits per heavy atom. The van der Waals surface area contributed by atoms with Crippen molar-refractivity contribution in [3.8, 4) is 0 Å². The van der Waals surface area contributed by atoms with Crippen LogP contribution in [-0.4, -0.2) is 25.7 Å². The fourth-order valence-electron chi connectivity index (χ4n) is 1.38. The predicted molar refractivity (Wildman–Crippen MR) is 79.7 cm³/mol. The van der Waals surface area contributed by atoms with Crippen LogP contribution >= 0.6 is 27.5 Å². The summed E-state index contributed by atoms with van der Waals surface area (Å²) in [6, 6.07) is 2.76. The van der Waals surface area contributed by atoms with Gasteiger partial charge in [-0.3, -0.25) is 0 Å². The third kappa shape index (κ3) is 3.82. The van der Waals surface area contributed by atoms with E-state index in [1.807, 2.05) is 0 Å². The zero-order valence-corrected chi connectivity index (χ0v) is 13.7. The van der Waals surface area contributed by atoms with Gasteiger partial charge in [0.15, 0.2) is 0 Å². The Morgan fingerprint density at radius 2 is 2.11 bits per heavy atom. The molecule has 19 heavy (non-hydrogen) atoms. The Balaban J connectivity index is 3.29. The predicted octanol–water partition coefficient (Wildman–Crippen LogP) is 2.12. The summed E-state index contributed by atoms with van der Waals surface area (Å²) in [5.74, 6) is 0. The highest BCUT2D eigenvalue weighted by molar-refractivity contribution is 9.10. The van der Waals surface area contributed by atoms with E-state index in [0.29, 0.717) is 6.42 Å². The molecule has 1 rings (SSSR count). The lowest BCUT2D eigenvalue weighted by atomic mass is 10.0. The van der Waals surface area contributed by atoms with E-state index in [-0.39, 0.29) is 26.7 Å². The fourth-order valence-corrected chi connectivity index (χ4v) is 4.14. The van der Waals surface area contributed by atoms with Crippen molar-refractivity contribution in [2.75, 3.05) is 12.3 Å². The lowest BCUT2D eigenvalue weighted by Gasteiger charge is -2.27. The van der Waals surface area contributed by atoms with Crippen LogP contribution in [0.3, 0.4) is 0 Å². The molecule has 0 bridgehead atoms. The molecule has 0 aliphatic carbocycles. The standard InChI is InChI=1S/C11H16BrClN2O3S/c1-3-11(2,6-16)15-19(17,18)9-5-7(13)4-8(14)10(9)12/h4-5,15-16H,3,6,14H2,1-2H3. The fraction of sp³-hybridized carbons (Fsp3) is 0.455. The van der Waals surface area contributed by atoms with Crippen LogP contribution in [0.5, 0.6) is 0 Å². The summed E-state index contributed by atoms with van der Waals surface area (Å²) in [6.07, 6.45) is 0.441. The summed E-state index contributed by atoms with van der Waals surface area (Å²) in [4.78, 5) is -0.0503. The van der Waals surface area contributed by atoms with Gasteiger partial charge >= 0.3 is 0 Å². The smallest absolute Gasteiger partial charge is 0.242 e. The molecular weight excluding hydrogens is 356 g/mol. The van der Waals surface area contributed by atoms with Gasteiger partial charge in [-0.25, -0.2) is 13.1 Å². The van der Waals surface area contributed by atoms with Gasteiger partial charge in [-0.2, -0.15) is 0 Å². The van der Waals surface area contributed by atoms with Crippen LogP contribution in [0.25, 0.3) is 0 Å². The first-order valence-electron chi connectivity index (χ1n) is 5.54. The molecule has 1 aromatic rings. The van der Waals surface area contributed by atoms with Gasteiger partial charge in [-0.15, -0.1) is 0 Å². The van der Waals surface area contributed by atoms with Crippen molar-refractivity contribution in [3.63, 3.8) is 0 Å². The van der Waals surface area contributed by atoms with Crippen molar-refractivity contribution >= 4 is 43.2 Å². The van der Waals surface area contributed by atoms with Crippen LogP contribution in [0.2, 0.25) is 5.02 Å². The Morgan fingerprint density at radius 3 is 2.58 bits per heavy atom. The molecule has 1 unspecified atom stereocenters. The van der Waals surface area contributed by atoms with Gasteiger partial charge in [-0.1, -0.05) is 18.5 Å². The third-order valence-electron chi connectivity index (χ3n) is 2.83. The molecule has 8 heteroatoms. The average Bonchev–Trinajstić information content (AvgIpc) is 2.32. The number of anilines is 1. The van der Waals surface area contributed by atoms with E-state index < -0.39 is 15.6 Å². The Labute approximate surface area is 126 Å². The van der Waals surface area contributed by atoms with E-state index in [9.17, 15) is 13.5 Å². The quantitative estimate of drug-likeness (QED) is 0.691. The number of rotatable bonds is 5. The van der Waals surface area contributed by atoms with Gasteiger partial charge in [0, 0.05) is 10.7 Å². The molecule has 0 aliphatic heterocycles. The largest absolute Gasteiger partial charge is 0.398 e. The summed E-state index contributed by atoms with van der Waals surface area (Å²) in [7, 11) is -3.84. The molecule has 108 valence electrons. The molecule has 4 N–H and O–H groups in total. The van der Waals surface area contributed by atoms with E-state index in [0.717, 1.165) is 0 Å². The van der Waals surface area contributed by atoms with E-state index >= 15 is 0 Å². The van der Waals surface area contributed by atoms with E-state index in [2.05, 4.69) is 20.7 Å². The molecule has 1 aromatic carbocycles. The van der Waals surface area contributed by atoms with Crippen LogP contribution < -0.4 is 10.5 Å². The molecule has 1 atom stereocenters. The summed E-state index contributed by atoms with van der Waals surface area (Å²) in [5.41, 5.74) is 4.97. The minimum atomic E-state index is -3.84. The van der Waals surface area contributed by atoms with Gasteiger partial charge in [0.2, 0.25) is 10.0 Å².